The molecule has 9 aromatic rings. The van der Waals surface area contributed by atoms with E-state index in [2.05, 4.69) is 164 Å². The second kappa shape index (κ2) is 14.8. The van der Waals surface area contributed by atoms with Gasteiger partial charge in [0.15, 0.2) is 5.82 Å². The normalized spacial score (nSPS) is 13.8. The maximum Gasteiger partial charge on any atom is 0.160 e. The molecule has 1 fully saturated rings. The standard InChI is InChI=1S/C57H41N3/c58-37-38-14-28-50-51-29-27-49(35-53(51)57(52(50)32-38)30-8-3-9-31-57)48-26-25-46-33-45(23-24-47(46)34-48)41-17-21-43(22-18-41)55-36-54(59-56(60-55)44-12-6-2-7-13-44)42-19-15-40(16-20-42)39-10-4-1-5-11-39/h1-2,4-7,10-29,32-36H,3,8-9,30-31H2. The van der Waals surface area contributed by atoms with Crippen LogP contribution in [0.3, 0.4) is 0 Å². The molecule has 2 aliphatic carbocycles. The second-order valence-corrected chi connectivity index (χ2v) is 16.4. The second-order valence-electron chi connectivity index (χ2n) is 16.4. The third-order valence-corrected chi connectivity index (χ3v) is 12.9. The van der Waals surface area contributed by atoms with Crippen molar-refractivity contribution in [1.29, 1.82) is 5.26 Å². The zero-order chi connectivity index (χ0) is 40.0. The Balaban J connectivity index is 0.889. The van der Waals surface area contributed by atoms with Crippen LogP contribution < -0.4 is 0 Å². The molecule has 1 heterocycles. The molecule has 0 N–H and O–H groups in total. The summed E-state index contributed by atoms with van der Waals surface area (Å²) in [7, 11) is 0. The van der Waals surface area contributed by atoms with Crippen LogP contribution in [0.4, 0.5) is 0 Å². The van der Waals surface area contributed by atoms with Crippen LogP contribution in [-0.4, -0.2) is 9.97 Å². The smallest absolute Gasteiger partial charge is 0.160 e. The molecule has 0 radical (unpaired) electrons. The number of hydrogen-bond donors (Lipinski definition) is 0. The van der Waals surface area contributed by atoms with Gasteiger partial charge in [-0.3, -0.25) is 0 Å². The average molecular weight is 768 g/mol. The molecule has 1 aromatic heterocycles. The van der Waals surface area contributed by atoms with Gasteiger partial charge < -0.3 is 0 Å². The fourth-order valence-corrected chi connectivity index (χ4v) is 9.80. The SMILES string of the molecule is N#Cc1ccc2c(c1)C1(CCCCC1)c1cc(-c3ccc4cc(-c5ccc(-c6cc(-c7ccc(-c8ccccc8)cc7)nc(-c7ccccc7)n6)cc5)ccc4c3)ccc1-2. The zero-order valence-electron chi connectivity index (χ0n) is 33.3. The average Bonchev–Trinajstić information content (AvgIpc) is 3.58. The molecule has 1 spiro atoms. The molecule has 2 aliphatic rings. The number of nitriles is 1. The van der Waals surface area contributed by atoms with Crippen molar-refractivity contribution in [1.82, 2.24) is 9.97 Å². The van der Waals surface area contributed by atoms with Crippen LogP contribution >= 0.6 is 0 Å². The fourth-order valence-electron chi connectivity index (χ4n) is 9.80. The number of hydrogen-bond acceptors (Lipinski definition) is 3. The van der Waals surface area contributed by atoms with E-state index in [1.54, 1.807) is 0 Å². The highest BCUT2D eigenvalue weighted by molar-refractivity contribution is 5.92. The number of fused-ring (bicyclic) bond motifs is 6. The largest absolute Gasteiger partial charge is 0.228 e. The van der Waals surface area contributed by atoms with E-state index in [0.717, 1.165) is 52.0 Å². The van der Waals surface area contributed by atoms with E-state index in [0.29, 0.717) is 5.82 Å². The minimum absolute atomic E-state index is 0.00210. The van der Waals surface area contributed by atoms with E-state index in [1.165, 1.54) is 80.1 Å². The third-order valence-electron chi connectivity index (χ3n) is 12.9. The molecule has 0 unspecified atom stereocenters. The van der Waals surface area contributed by atoms with Gasteiger partial charge in [0.2, 0.25) is 0 Å². The molecule has 8 aromatic carbocycles. The van der Waals surface area contributed by atoms with E-state index in [9.17, 15) is 5.26 Å². The van der Waals surface area contributed by atoms with Gasteiger partial charge in [0.25, 0.3) is 0 Å². The van der Waals surface area contributed by atoms with E-state index < -0.39 is 0 Å². The molecule has 3 nitrogen and oxygen atoms in total. The summed E-state index contributed by atoms with van der Waals surface area (Å²) in [4.78, 5) is 10.1. The van der Waals surface area contributed by atoms with E-state index >= 15 is 0 Å². The molecule has 0 bridgehead atoms. The maximum absolute atomic E-state index is 9.75. The lowest BCUT2D eigenvalue weighted by Crippen LogP contribution is -2.28. The van der Waals surface area contributed by atoms with Crippen molar-refractivity contribution >= 4 is 10.8 Å². The van der Waals surface area contributed by atoms with Gasteiger partial charge in [0, 0.05) is 22.1 Å². The van der Waals surface area contributed by atoms with Crippen LogP contribution in [0, 0.1) is 11.3 Å². The van der Waals surface area contributed by atoms with Crippen LogP contribution in [0.1, 0.15) is 48.8 Å². The van der Waals surface area contributed by atoms with Crippen molar-refractivity contribution in [2.24, 2.45) is 0 Å². The predicted molar refractivity (Wildman–Crippen MR) is 246 cm³/mol. The summed E-state index contributed by atoms with van der Waals surface area (Å²) in [5, 5.41) is 12.2. The first-order valence-corrected chi connectivity index (χ1v) is 21.1. The first-order valence-electron chi connectivity index (χ1n) is 21.1. The number of aromatic nitrogens is 2. The minimum atomic E-state index is 0.00210. The van der Waals surface area contributed by atoms with Gasteiger partial charge in [-0.25, -0.2) is 9.97 Å². The molecular formula is C57H41N3. The highest BCUT2D eigenvalue weighted by atomic mass is 14.9. The predicted octanol–water partition coefficient (Wildman–Crippen LogP) is 14.7. The monoisotopic (exact) mass is 767 g/mol. The molecule has 0 saturated heterocycles. The summed E-state index contributed by atoms with van der Waals surface area (Å²) >= 11 is 0. The van der Waals surface area contributed by atoms with Crippen molar-refractivity contribution < 1.29 is 0 Å². The number of benzene rings is 8. The van der Waals surface area contributed by atoms with Crippen molar-refractivity contribution in [3.8, 4) is 84.5 Å². The van der Waals surface area contributed by atoms with Crippen LogP contribution in [0.2, 0.25) is 0 Å². The number of rotatable bonds is 6. The first kappa shape index (κ1) is 35.7. The Labute approximate surface area is 351 Å². The maximum atomic E-state index is 9.75. The lowest BCUT2D eigenvalue weighted by Gasteiger charge is -2.36. The highest BCUT2D eigenvalue weighted by Crippen LogP contribution is 2.56. The summed E-state index contributed by atoms with van der Waals surface area (Å²) in [5.74, 6) is 0.709. The van der Waals surface area contributed by atoms with Gasteiger partial charge in [0.05, 0.1) is 23.0 Å². The molecule has 60 heavy (non-hydrogen) atoms. The topological polar surface area (TPSA) is 49.6 Å². The van der Waals surface area contributed by atoms with Gasteiger partial charge in [-0.2, -0.15) is 5.26 Å². The summed E-state index contributed by atoms with van der Waals surface area (Å²) in [6.07, 6.45) is 6.02. The summed E-state index contributed by atoms with van der Waals surface area (Å²) in [6.45, 7) is 0. The quantitative estimate of drug-likeness (QED) is 0.169. The van der Waals surface area contributed by atoms with E-state index in [4.69, 9.17) is 9.97 Å². The van der Waals surface area contributed by atoms with Crippen molar-refractivity contribution in [3.05, 3.63) is 205 Å². The Bertz CT molecular complexity index is 3100. The van der Waals surface area contributed by atoms with Crippen LogP contribution in [0.25, 0.3) is 89.2 Å². The minimum Gasteiger partial charge on any atom is -0.228 e. The Hall–Kier alpha value is -7.41. The Kier molecular flexibility index (Phi) is 8.79. The van der Waals surface area contributed by atoms with Gasteiger partial charge >= 0.3 is 0 Å². The van der Waals surface area contributed by atoms with Crippen molar-refractivity contribution in [3.63, 3.8) is 0 Å². The molecule has 0 amide bonds. The van der Waals surface area contributed by atoms with Crippen molar-refractivity contribution in [2.45, 2.75) is 37.5 Å². The Morgan fingerprint density at radius 3 is 1.43 bits per heavy atom. The molecule has 11 rings (SSSR count). The molecule has 0 aliphatic heterocycles. The highest BCUT2D eigenvalue weighted by Gasteiger charge is 2.44. The van der Waals surface area contributed by atoms with E-state index in [-0.39, 0.29) is 5.41 Å². The molecular weight excluding hydrogens is 727 g/mol. The molecule has 0 atom stereocenters. The fraction of sp³-hybridized carbons (Fsp3) is 0.105. The third kappa shape index (κ3) is 6.29. The van der Waals surface area contributed by atoms with Gasteiger partial charge in [0.1, 0.15) is 0 Å². The zero-order valence-corrected chi connectivity index (χ0v) is 33.3. The summed E-state index contributed by atoms with van der Waals surface area (Å²) in [5.41, 5.74) is 18.3. The molecule has 3 heteroatoms. The lowest BCUT2D eigenvalue weighted by molar-refractivity contribution is 0.353. The van der Waals surface area contributed by atoms with Gasteiger partial charge in [-0.1, -0.05) is 171 Å². The van der Waals surface area contributed by atoms with Gasteiger partial charge in [-0.15, -0.1) is 0 Å². The van der Waals surface area contributed by atoms with Crippen LogP contribution in [-0.2, 0) is 5.41 Å². The van der Waals surface area contributed by atoms with Gasteiger partial charge in [-0.05, 0) is 116 Å². The summed E-state index contributed by atoms with van der Waals surface area (Å²) in [6, 6.07) is 69.6. The Morgan fingerprint density at radius 2 is 0.833 bits per heavy atom. The lowest BCUT2D eigenvalue weighted by atomic mass is 9.67. The van der Waals surface area contributed by atoms with Crippen LogP contribution in [0.15, 0.2) is 188 Å². The van der Waals surface area contributed by atoms with E-state index in [1.807, 2.05) is 30.3 Å². The Morgan fingerprint density at radius 1 is 0.383 bits per heavy atom. The van der Waals surface area contributed by atoms with Crippen LogP contribution in [0.5, 0.6) is 0 Å². The summed E-state index contributed by atoms with van der Waals surface area (Å²) < 4.78 is 0. The molecule has 1 saturated carbocycles. The first-order chi connectivity index (χ1) is 29.6. The molecule has 284 valence electrons. The number of nitrogens with zero attached hydrogens (tertiary/aromatic N) is 3. The van der Waals surface area contributed by atoms with Crippen molar-refractivity contribution in [2.75, 3.05) is 0 Å².